The van der Waals surface area contributed by atoms with Crippen LogP contribution in [0.15, 0.2) is 99.9 Å². The number of hydrogen-bond donors (Lipinski definition) is 12. The minimum atomic E-state index is -0.737. The van der Waals surface area contributed by atoms with E-state index in [1.165, 1.54) is 107 Å². The van der Waals surface area contributed by atoms with E-state index in [4.69, 9.17) is 34.7 Å². The van der Waals surface area contributed by atoms with Crippen LogP contribution in [0.4, 0.5) is 20.7 Å². The van der Waals surface area contributed by atoms with E-state index in [1.807, 2.05) is 50.0 Å². The molecule has 0 saturated carbocycles. The first-order valence-corrected chi connectivity index (χ1v) is 36.6. The summed E-state index contributed by atoms with van der Waals surface area (Å²) in [6.45, 7) is 0. The average Bonchev–Trinajstić information content (AvgIpc) is 2.22. The van der Waals surface area contributed by atoms with Gasteiger partial charge in [-0.05, 0) is 73.2 Å². The fourth-order valence-corrected chi connectivity index (χ4v) is 12.4. The lowest BCUT2D eigenvalue weighted by Crippen LogP contribution is -2.10. The van der Waals surface area contributed by atoms with Crippen molar-refractivity contribution in [1.82, 2.24) is 160 Å². The number of hydrogen-bond acceptors (Lipinski definition) is 34. The summed E-state index contributed by atoms with van der Waals surface area (Å²) in [6.07, 6.45) is 26.4. The van der Waals surface area contributed by atoms with Gasteiger partial charge in [0, 0.05) is 0 Å². The van der Waals surface area contributed by atoms with E-state index >= 15 is 0 Å². The normalized spacial score (nSPS) is 10.8. The minimum Gasteiger partial charge on any atom is -0.368 e. The molecule has 96 heavy (non-hydrogen) atoms. The Labute approximate surface area is 578 Å². The summed E-state index contributed by atoms with van der Waals surface area (Å²) in [7, 11) is 0. The number of fused-ring (bicyclic) bond motifs is 8. The highest BCUT2D eigenvalue weighted by molar-refractivity contribution is 8.00. The lowest BCUT2D eigenvalue weighted by molar-refractivity contribution is 0.533. The molecule has 0 fully saturated rings. The van der Waals surface area contributed by atoms with Crippen molar-refractivity contribution < 1.29 is 8.78 Å². The van der Waals surface area contributed by atoms with E-state index < -0.39 is 12.2 Å². The highest BCUT2D eigenvalue weighted by atomic mass is 35.5. The summed E-state index contributed by atoms with van der Waals surface area (Å²) >= 11 is 23.0. The van der Waals surface area contributed by atoms with Crippen molar-refractivity contribution in [2.24, 2.45) is 0 Å². The minimum absolute atomic E-state index is 0.235. The molecule has 16 aromatic heterocycles. The molecule has 14 N–H and O–H groups in total. The largest absolute Gasteiger partial charge is 0.368 e. The number of halogens is 4. The van der Waals surface area contributed by atoms with Gasteiger partial charge in [0.15, 0.2) is 39.5 Å². The second-order valence-electron chi connectivity index (χ2n) is 17.3. The quantitative estimate of drug-likeness (QED) is 0.0390. The van der Waals surface area contributed by atoms with Crippen LogP contribution >= 0.6 is 117 Å². The monoisotopic (exact) mass is 1490 g/mol. The van der Waals surface area contributed by atoms with Crippen LogP contribution in [0.3, 0.4) is 0 Å². The molecule has 0 aliphatic carbocycles. The molecular formula is C48H46Cl2F2N34O2S8. The first-order chi connectivity index (χ1) is 46.5. The number of aromatic nitrogens is 32. The third-order valence-corrected chi connectivity index (χ3v) is 17.5. The summed E-state index contributed by atoms with van der Waals surface area (Å²) in [5.41, 5.74) is 18.0. The number of imidazole rings is 4. The van der Waals surface area contributed by atoms with E-state index in [0.717, 1.165) is 58.2 Å². The molecule has 0 aliphatic rings. The molecule has 16 rings (SSSR count). The predicted molar refractivity (Wildman–Crippen MR) is 372 cm³/mol. The molecule has 0 aliphatic heterocycles. The van der Waals surface area contributed by atoms with Gasteiger partial charge in [0.05, 0.1) is 71.6 Å². The number of nitrogens with two attached hydrogens (primary N) is 2. The van der Waals surface area contributed by atoms with Gasteiger partial charge in [-0.1, -0.05) is 0 Å². The smallest absolute Gasteiger partial charge is 0.347 e. The molecule has 0 bridgehead atoms. The van der Waals surface area contributed by atoms with Gasteiger partial charge in [-0.25, -0.2) is 49.5 Å². The summed E-state index contributed by atoms with van der Waals surface area (Å²) in [5.74, 6) is 0.537. The molecule has 496 valence electrons. The van der Waals surface area contributed by atoms with Crippen LogP contribution in [-0.2, 0) is 0 Å². The van der Waals surface area contributed by atoms with Crippen LogP contribution in [-0.4, -0.2) is 210 Å². The summed E-state index contributed by atoms with van der Waals surface area (Å²) in [4.78, 5) is 108. The zero-order valence-electron chi connectivity index (χ0n) is 50.2. The predicted octanol–water partition coefficient (Wildman–Crippen LogP) is 7.93. The SMILES string of the molecule is CSc1nc(=O)[nH]c2[nH]ncc12.CSc1nc(=O)[nH]c2nc[nH]c12.CSc1nc(Cl)nc2[nH]ncc12.CSc1nc(Cl)nc2nc[nH]c12.CSc1nc(F)nc2[nH]ncc12.CSc1nc(F)nc2nc[nH]c12.CSc1nc(N)nc2[nH]ncc12.CSc1nc(N)nc2nc[nH]c12. The third kappa shape index (κ3) is 17.8. The van der Waals surface area contributed by atoms with E-state index in [0.29, 0.717) is 70.8 Å². The maximum absolute atomic E-state index is 12.7. The van der Waals surface area contributed by atoms with Gasteiger partial charge in [0.2, 0.25) is 22.5 Å². The Hall–Kier alpha value is -9.16. The van der Waals surface area contributed by atoms with Crippen molar-refractivity contribution in [2.75, 3.05) is 61.5 Å². The molecule has 0 atom stereocenters. The number of nitrogens with one attached hydrogen (secondary N) is 10. The molecule has 16 heterocycles. The molecule has 0 radical (unpaired) electrons. The fraction of sp³-hybridized carbons (Fsp3) is 0.167. The van der Waals surface area contributed by atoms with Gasteiger partial charge in [0.1, 0.15) is 67.9 Å². The van der Waals surface area contributed by atoms with Crippen molar-refractivity contribution in [1.29, 1.82) is 0 Å². The Kier molecular flexibility index (Phi) is 25.2. The van der Waals surface area contributed by atoms with E-state index in [1.54, 1.807) is 37.4 Å². The van der Waals surface area contributed by atoms with Crippen molar-refractivity contribution >= 4 is 218 Å². The van der Waals surface area contributed by atoms with Gasteiger partial charge in [-0.3, -0.25) is 30.4 Å². The first kappa shape index (κ1) is 71.1. The summed E-state index contributed by atoms with van der Waals surface area (Å²) in [6, 6.07) is 0. The van der Waals surface area contributed by atoms with Crippen LogP contribution in [0.25, 0.3) is 88.8 Å². The number of anilines is 2. The zero-order valence-corrected chi connectivity index (χ0v) is 58.3. The molecule has 0 aromatic carbocycles. The average molecular weight is 1500 g/mol. The number of nitrogen functional groups attached to an aromatic ring is 2. The van der Waals surface area contributed by atoms with E-state index in [9.17, 15) is 18.4 Å². The molecule has 0 spiro atoms. The first-order valence-electron chi connectivity index (χ1n) is 26.1. The van der Waals surface area contributed by atoms with Gasteiger partial charge in [-0.2, -0.15) is 79.0 Å². The molecule has 16 aromatic rings. The number of rotatable bonds is 8. The molecule has 0 amide bonds. The highest BCUT2D eigenvalue weighted by Crippen LogP contribution is 2.27. The summed E-state index contributed by atoms with van der Waals surface area (Å²) < 4.78 is 25.4. The summed E-state index contributed by atoms with van der Waals surface area (Å²) in [5, 5.41) is 35.8. The number of aromatic amines is 10. The zero-order chi connectivity index (χ0) is 68.4. The maximum atomic E-state index is 12.7. The van der Waals surface area contributed by atoms with Crippen LogP contribution in [0.2, 0.25) is 10.6 Å². The van der Waals surface area contributed by atoms with E-state index in [2.05, 4.69) is 160 Å². The Bertz CT molecular complexity index is 4660. The topological polar surface area (TPSA) is 528 Å². The van der Waals surface area contributed by atoms with Crippen molar-refractivity contribution in [2.45, 2.75) is 40.2 Å². The van der Waals surface area contributed by atoms with Crippen molar-refractivity contribution in [3.63, 3.8) is 0 Å². The van der Waals surface area contributed by atoms with E-state index in [-0.39, 0.29) is 33.8 Å². The van der Waals surface area contributed by atoms with Gasteiger partial charge in [0.25, 0.3) is 0 Å². The van der Waals surface area contributed by atoms with Crippen LogP contribution in [0, 0.1) is 12.2 Å². The second kappa shape index (κ2) is 34.0. The van der Waals surface area contributed by atoms with Gasteiger partial charge < -0.3 is 31.4 Å². The lowest BCUT2D eigenvalue weighted by Gasteiger charge is -1.97. The molecule has 36 nitrogen and oxygen atoms in total. The Morgan fingerprint density at radius 3 is 1.30 bits per heavy atom. The van der Waals surface area contributed by atoms with Gasteiger partial charge >= 0.3 is 23.5 Å². The number of H-pyrrole nitrogens is 10. The molecular weight excluding hydrogens is 1450 g/mol. The fourth-order valence-electron chi connectivity index (χ4n) is 7.65. The van der Waals surface area contributed by atoms with Crippen LogP contribution in [0.1, 0.15) is 0 Å². The van der Waals surface area contributed by atoms with Crippen LogP contribution < -0.4 is 22.8 Å². The number of thioether (sulfide) groups is 8. The highest BCUT2D eigenvalue weighted by Gasteiger charge is 2.13. The van der Waals surface area contributed by atoms with Crippen LogP contribution in [0.5, 0.6) is 0 Å². The van der Waals surface area contributed by atoms with Crippen molar-refractivity contribution in [3.8, 4) is 0 Å². The second-order valence-corrected chi connectivity index (χ2v) is 24.3. The Morgan fingerprint density at radius 2 is 0.719 bits per heavy atom. The molecule has 0 unspecified atom stereocenters. The third-order valence-electron chi connectivity index (χ3n) is 11.6. The number of nitrogens with zero attached hydrogens (tertiary/aromatic N) is 22. The van der Waals surface area contributed by atoms with Crippen molar-refractivity contribution in [3.05, 3.63) is 93.8 Å². The lowest BCUT2D eigenvalue weighted by atomic mass is 10.4. The standard InChI is InChI=1S/2C6H5ClN4S.2C6H5FN4S.2C6H7N5S.2C6H6N4OS/c1-12-5-3-4(9-2-8-3)10-6(7)11-5;1-12-5-3-2-8-11-4(3)9-6(7)10-5;1-12-5-3-4(9-2-8-3)10-6(7)11-5;1-12-5-3-2-8-11-4(3)9-6(7)10-5;1-12-5-3-4(9-2-8-3)10-6(7)11-5;1-12-5-3-2-8-11-4(3)9-6(7)10-5;1-12-5-3-4(8-2-7-3)9-6(11)10-5;1-12-5-3-2-7-10-4(3)8-6(11)9-5/h4*2H,1H3,(H,8,9,10,11);2*2H,1H3,(H3,7,8,9,10,11);2*2H,1H3,(H2,7,8,9,10,11). The maximum Gasteiger partial charge on any atom is 0.347 e. The Morgan fingerprint density at radius 1 is 0.354 bits per heavy atom. The van der Waals surface area contributed by atoms with Gasteiger partial charge in [-0.15, -0.1) is 94.1 Å². The molecule has 48 heteroatoms. The Balaban J connectivity index is 0.000000129. The molecule has 0 saturated heterocycles.